The van der Waals surface area contributed by atoms with E-state index in [0.29, 0.717) is 24.6 Å². The quantitative estimate of drug-likeness (QED) is 0.866. The molecular formula is C14H12F2N2O2. The number of carbonyl (C=O) groups excluding carboxylic acids is 1. The van der Waals surface area contributed by atoms with Gasteiger partial charge in [-0.3, -0.25) is 4.79 Å². The Morgan fingerprint density at radius 1 is 1.35 bits per heavy atom. The van der Waals surface area contributed by atoms with Crippen LogP contribution in [-0.2, 0) is 11.2 Å². The van der Waals surface area contributed by atoms with Gasteiger partial charge >= 0.3 is 0 Å². The molecule has 1 saturated carbocycles. The Bertz CT molecular complexity index is 654. The van der Waals surface area contributed by atoms with E-state index < -0.39 is 11.6 Å². The third-order valence-electron chi connectivity index (χ3n) is 3.45. The van der Waals surface area contributed by atoms with Crippen molar-refractivity contribution >= 4 is 5.78 Å². The molecule has 20 heavy (non-hydrogen) atoms. The van der Waals surface area contributed by atoms with E-state index in [1.165, 1.54) is 12.1 Å². The molecule has 0 saturated heterocycles. The summed E-state index contributed by atoms with van der Waals surface area (Å²) in [6.45, 7) is 0. The maximum absolute atomic E-state index is 13.5. The molecular weight excluding hydrogens is 266 g/mol. The minimum absolute atomic E-state index is 0.105. The summed E-state index contributed by atoms with van der Waals surface area (Å²) in [5.74, 6) is -0.900. The molecule has 1 aromatic carbocycles. The Morgan fingerprint density at radius 2 is 2.20 bits per heavy atom. The maximum atomic E-state index is 13.5. The SMILES string of the molecule is O=C1CCCC1c1nc(Cc2ccc(F)cc2F)no1. The largest absolute Gasteiger partial charge is 0.339 e. The highest BCUT2D eigenvalue weighted by molar-refractivity contribution is 5.86. The molecule has 0 bridgehead atoms. The van der Waals surface area contributed by atoms with Gasteiger partial charge in [-0.05, 0) is 24.5 Å². The first-order valence-electron chi connectivity index (χ1n) is 6.42. The van der Waals surface area contributed by atoms with E-state index in [4.69, 9.17) is 4.52 Å². The van der Waals surface area contributed by atoms with Crippen molar-refractivity contribution in [1.29, 1.82) is 0 Å². The summed E-state index contributed by atoms with van der Waals surface area (Å²) in [4.78, 5) is 15.7. The predicted molar refractivity (Wildman–Crippen MR) is 65.1 cm³/mol. The van der Waals surface area contributed by atoms with E-state index >= 15 is 0 Å². The summed E-state index contributed by atoms with van der Waals surface area (Å²) >= 11 is 0. The van der Waals surface area contributed by atoms with E-state index in [2.05, 4.69) is 10.1 Å². The van der Waals surface area contributed by atoms with Crippen LogP contribution in [0.3, 0.4) is 0 Å². The zero-order chi connectivity index (χ0) is 14.1. The van der Waals surface area contributed by atoms with Crippen LogP contribution >= 0.6 is 0 Å². The number of carbonyl (C=O) groups is 1. The average Bonchev–Trinajstić information content (AvgIpc) is 3.01. The Hall–Kier alpha value is -2.11. The third-order valence-corrected chi connectivity index (χ3v) is 3.45. The van der Waals surface area contributed by atoms with Gasteiger partial charge in [-0.2, -0.15) is 4.98 Å². The number of rotatable bonds is 3. The summed E-state index contributed by atoms with van der Waals surface area (Å²) in [5.41, 5.74) is 0.288. The molecule has 0 amide bonds. The summed E-state index contributed by atoms with van der Waals surface area (Å²) in [7, 11) is 0. The standard InChI is InChI=1S/C14H12F2N2O2/c15-9-5-4-8(11(16)7-9)6-13-17-14(20-18-13)10-2-1-3-12(10)19/h4-5,7,10H,1-3,6H2. The van der Waals surface area contributed by atoms with Crippen molar-refractivity contribution in [2.24, 2.45) is 0 Å². The molecule has 3 rings (SSSR count). The Kier molecular flexibility index (Phi) is 3.30. The average molecular weight is 278 g/mol. The van der Waals surface area contributed by atoms with E-state index in [0.717, 1.165) is 12.5 Å². The van der Waals surface area contributed by atoms with Crippen molar-refractivity contribution in [3.8, 4) is 0 Å². The Morgan fingerprint density at radius 3 is 2.90 bits per heavy atom. The molecule has 1 fully saturated rings. The smallest absolute Gasteiger partial charge is 0.237 e. The molecule has 1 aliphatic carbocycles. The van der Waals surface area contributed by atoms with E-state index in [1.54, 1.807) is 0 Å². The lowest BCUT2D eigenvalue weighted by Gasteiger charge is -2.00. The second kappa shape index (κ2) is 5.11. The van der Waals surface area contributed by atoms with Crippen LogP contribution in [0.5, 0.6) is 0 Å². The van der Waals surface area contributed by atoms with Crippen molar-refractivity contribution in [1.82, 2.24) is 10.1 Å². The lowest BCUT2D eigenvalue weighted by molar-refractivity contribution is -0.119. The molecule has 1 unspecified atom stereocenters. The molecule has 0 N–H and O–H groups in total. The van der Waals surface area contributed by atoms with Crippen molar-refractivity contribution < 1.29 is 18.1 Å². The molecule has 0 aliphatic heterocycles. The monoisotopic (exact) mass is 278 g/mol. The molecule has 1 atom stereocenters. The molecule has 0 spiro atoms. The summed E-state index contributed by atoms with van der Waals surface area (Å²) in [5, 5.41) is 3.76. The summed E-state index contributed by atoms with van der Waals surface area (Å²) in [6.07, 6.45) is 2.19. The van der Waals surface area contributed by atoms with Crippen LogP contribution in [0.15, 0.2) is 22.7 Å². The lowest BCUT2D eigenvalue weighted by Crippen LogP contribution is -2.04. The molecule has 4 nitrogen and oxygen atoms in total. The van der Waals surface area contributed by atoms with Crippen LogP contribution in [0, 0.1) is 11.6 Å². The minimum Gasteiger partial charge on any atom is -0.339 e. The third kappa shape index (κ3) is 2.45. The number of halogens is 2. The fourth-order valence-corrected chi connectivity index (χ4v) is 2.39. The zero-order valence-electron chi connectivity index (χ0n) is 10.6. The summed E-state index contributed by atoms with van der Waals surface area (Å²) in [6, 6.07) is 3.35. The van der Waals surface area contributed by atoms with Crippen LogP contribution in [-0.4, -0.2) is 15.9 Å². The predicted octanol–water partition coefficient (Wildman–Crippen LogP) is 2.78. The van der Waals surface area contributed by atoms with Gasteiger partial charge in [0.2, 0.25) is 5.89 Å². The zero-order valence-corrected chi connectivity index (χ0v) is 10.6. The molecule has 0 radical (unpaired) electrons. The second-order valence-electron chi connectivity index (χ2n) is 4.87. The molecule has 1 heterocycles. The molecule has 104 valence electrons. The normalized spacial score (nSPS) is 18.7. The molecule has 6 heteroatoms. The van der Waals surface area contributed by atoms with Gasteiger partial charge in [-0.15, -0.1) is 0 Å². The van der Waals surface area contributed by atoms with Gasteiger partial charge in [0.05, 0.1) is 5.92 Å². The fourth-order valence-electron chi connectivity index (χ4n) is 2.39. The van der Waals surface area contributed by atoms with E-state index in [-0.39, 0.29) is 23.7 Å². The number of nitrogens with zero attached hydrogens (tertiary/aromatic N) is 2. The van der Waals surface area contributed by atoms with Gasteiger partial charge in [0, 0.05) is 18.9 Å². The number of ketones is 1. The van der Waals surface area contributed by atoms with E-state index in [1.807, 2.05) is 0 Å². The first kappa shape index (κ1) is 12.9. The van der Waals surface area contributed by atoms with Gasteiger partial charge in [0.25, 0.3) is 0 Å². The minimum atomic E-state index is -0.645. The first-order chi connectivity index (χ1) is 9.63. The van der Waals surface area contributed by atoms with Crippen molar-refractivity contribution in [2.45, 2.75) is 31.6 Å². The van der Waals surface area contributed by atoms with Crippen LogP contribution in [0.4, 0.5) is 8.78 Å². The highest BCUT2D eigenvalue weighted by atomic mass is 19.1. The highest BCUT2D eigenvalue weighted by Gasteiger charge is 2.30. The summed E-state index contributed by atoms with van der Waals surface area (Å²) < 4.78 is 31.4. The lowest BCUT2D eigenvalue weighted by atomic mass is 10.1. The number of benzene rings is 1. The van der Waals surface area contributed by atoms with Crippen LogP contribution in [0.25, 0.3) is 0 Å². The fraction of sp³-hybridized carbons (Fsp3) is 0.357. The Labute approximate surface area is 113 Å². The van der Waals surface area contributed by atoms with Crippen LogP contribution in [0.1, 0.15) is 42.5 Å². The number of hydrogen-bond acceptors (Lipinski definition) is 4. The topological polar surface area (TPSA) is 56.0 Å². The van der Waals surface area contributed by atoms with Crippen LogP contribution in [0.2, 0.25) is 0 Å². The number of Topliss-reactive ketones (excluding diaryl/α,β-unsaturated/α-hetero) is 1. The number of aromatic nitrogens is 2. The highest BCUT2D eigenvalue weighted by Crippen LogP contribution is 2.30. The molecule has 1 aromatic heterocycles. The maximum Gasteiger partial charge on any atom is 0.237 e. The van der Waals surface area contributed by atoms with Gasteiger partial charge in [0.1, 0.15) is 17.4 Å². The van der Waals surface area contributed by atoms with Crippen molar-refractivity contribution in [3.05, 3.63) is 47.1 Å². The van der Waals surface area contributed by atoms with Gasteiger partial charge in [0.15, 0.2) is 5.82 Å². The van der Waals surface area contributed by atoms with E-state index in [9.17, 15) is 13.6 Å². The van der Waals surface area contributed by atoms with Gasteiger partial charge in [-0.25, -0.2) is 8.78 Å². The van der Waals surface area contributed by atoms with Crippen LogP contribution < -0.4 is 0 Å². The molecule has 2 aromatic rings. The van der Waals surface area contributed by atoms with Crippen molar-refractivity contribution in [3.63, 3.8) is 0 Å². The Balaban J connectivity index is 1.78. The number of hydrogen-bond donors (Lipinski definition) is 0. The second-order valence-corrected chi connectivity index (χ2v) is 4.87. The van der Waals surface area contributed by atoms with Gasteiger partial charge in [-0.1, -0.05) is 11.2 Å². The van der Waals surface area contributed by atoms with Crippen molar-refractivity contribution in [2.75, 3.05) is 0 Å². The molecule has 1 aliphatic rings. The first-order valence-corrected chi connectivity index (χ1v) is 6.42. The van der Waals surface area contributed by atoms with Gasteiger partial charge < -0.3 is 4.52 Å².